The molecule has 16 heavy (non-hydrogen) atoms. The average molecular weight is 291 g/mol. The summed E-state index contributed by atoms with van der Waals surface area (Å²) in [5.41, 5.74) is 0.0957. The van der Waals surface area contributed by atoms with Crippen LogP contribution in [-0.4, -0.2) is 30.2 Å². The maximum Gasteiger partial charge on any atom is 0.0809 e. The lowest BCUT2D eigenvalue weighted by molar-refractivity contribution is -0.0924. The first kappa shape index (κ1) is 12.8. The quantitative estimate of drug-likeness (QED) is 0.738. The smallest absolute Gasteiger partial charge is 0.0809 e. The molecule has 0 bridgehead atoms. The van der Waals surface area contributed by atoms with Crippen LogP contribution in [0.2, 0.25) is 0 Å². The molecular formula is C13H23BrO2. The minimum absolute atomic E-state index is 0.0957. The number of halogens is 1. The number of hydrogen-bond donors (Lipinski definition) is 0. The van der Waals surface area contributed by atoms with E-state index in [0.29, 0.717) is 6.10 Å². The summed E-state index contributed by atoms with van der Waals surface area (Å²) in [5.74, 6) is 0.874. The van der Waals surface area contributed by atoms with Crippen LogP contribution in [0.1, 0.15) is 45.4 Å². The fraction of sp³-hybridized carbons (Fsp3) is 1.00. The van der Waals surface area contributed by atoms with Crippen LogP contribution < -0.4 is 0 Å². The Hall–Kier alpha value is 0.400. The van der Waals surface area contributed by atoms with E-state index in [1.165, 1.54) is 38.5 Å². The van der Waals surface area contributed by atoms with Crippen LogP contribution >= 0.6 is 15.9 Å². The van der Waals surface area contributed by atoms with Gasteiger partial charge in [0, 0.05) is 11.9 Å². The van der Waals surface area contributed by atoms with Gasteiger partial charge in [0.15, 0.2) is 0 Å². The molecule has 1 unspecified atom stereocenters. The lowest BCUT2D eigenvalue weighted by atomic mass is 9.80. The molecule has 2 fully saturated rings. The third-order valence-electron chi connectivity index (χ3n) is 4.03. The Balaban J connectivity index is 1.79. The number of hydrogen-bond acceptors (Lipinski definition) is 2. The second-order valence-corrected chi connectivity index (χ2v) is 6.01. The van der Waals surface area contributed by atoms with Crippen molar-refractivity contribution in [3.8, 4) is 0 Å². The minimum Gasteiger partial charge on any atom is -0.376 e. The van der Waals surface area contributed by atoms with Gasteiger partial charge in [-0.2, -0.15) is 0 Å². The Morgan fingerprint density at radius 2 is 2.06 bits per heavy atom. The summed E-state index contributed by atoms with van der Waals surface area (Å²) in [5, 5.41) is 0.972. The third kappa shape index (κ3) is 3.21. The third-order valence-corrected chi connectivity index (χ3v) is 5.05. The average Bonchev–Trinajstić information content (AvgIpc) is 2.82. The van der Waals surface area contributed by atoms with Gasteiger partial charge in [-0.15, -0.1) is 0 Å². The molecule has 1 aliphatic heterocycles. The molecule has 2 rings (SSSR count). The van der Waals surface area contributed by atoms with E-state index in [2.05, 4.69) is 22.9 Å². The van der Waals surface area contributed by atoms with E-state index < -0.39 is 0 Å². The van der Waals surface area contributed by atoms with Crippen molar-refractivity contribution in [3.05, 3.63) is 0 Å². The Labute approximate surface area is 107 Å². The van der Waals surface area contributed by atoms with E-state index >= 15 is 0 Å². The van der Waals surface area contributed by atoms with Crippen molar-refractivity contribution in [2.45, 2.75) is 57.2 Å². The lowest BCUT2D eigenvalue weighted by Gasteiger charge is -2.38. The van der Waals surface area contributed by atoms with Gasteiger partial charge >= 0.3 is 0 Å². The Morgan fingerprint density at radius 1 is 1.31 bits per heavy atom. The molecule has 1 atom stereocenters. The zero-order valence-corrected chi connectivity index (χ0v) is 11.8. The van der Waals surface area contributed by atoms with Crippen molar-refractivity contribution in [2.75, 3.05) is 18.5 Å². The molecule has 1 aliphatic carbocycles. The summed E-state index contributed by atoms with van der Waals surface area (Å²) in [4.78, 5) is 0. The van der Waals surface area contributed by atoms with Crippen LogP contribution in [0.25, 0.3) is 0 Å². The van der Waals surface area contributed by atoms with E-state index in [0.717, 1.165) is 24.5 Å². The first-order chi connectivity index (χ1) is 7.74. The van der Waals surface area contributed by atoms with E-state index in [4.69, 9.17) is 9.47 Å². The van der Waals surface area contributed by atoms with E-state index in [9.17, 15) is 0 Å². The van der Waals surface area contributed by atoms with Crippen LogP contribution in [0.3, 0.4) is 0 Å². The maximum atomic E-state index is 6.18. The monoisotopic (exact) mass is 290 g/mol. The summed E-state index contributed by atoms with van der Waals surface area (Å²) in [6, 6.07) is 0. The fourth-order valence-corrected chi connectivity index (χ4v) is 3.37. The van der Waals surface area contributed by atoms with Crippen molar-refractivity contribution in [1.29, 1.82) is 0 Å². The van der Waals surface area contributed by atoms with E-state index in [1.807, 2.05) is 0 Å². The zero-order valence-electron chi connectivity index (χ0n) is 10.2. The zero-order chi connectivity index (χ0) is 11.4. The van der Waals surface area contributed by atoms with Gasteiger partial charge in [-0.05, 0) is 44.4 Å². The van der Waals surface area contributed by atoms with Crippen molar-refractivity contribution in [1.82, 2.24) is 0 Å². The van der Waals surface area contributed by atoms with E-state index in [1.54, 1.807) is 0 Å². The van der Waals surface area contributed by atoms with Crippen LogP contribution in [0, 0.1) is 5.92 Å². The van der Waals surface area contributed by atoms with Crippen LogP contribution in [0.4, 0.5) is 0 Å². The molecule has 2 nitrogen and oxygen atoms in total. The SMILES string of the molecule is CC1CCC(CBr)(OCC2CCCO2)CC1. The largest absolute Gasteiger partial charge is 0.376 e. The van der Waals surface area contributed by atoms with Crippen LogP contribution in [-0.2, 0) is 9.47 Å². The summed E-state index contributed by atoms with van der Waals surface area (Å²) in [6.07, 6.45) is 7.74. The predicted octanol–water partition coefficient (Wildman–Crippen LogP) is 3.53. The number of rotatable bonds is 4. The first-order valence-electron chi connectivity index (χ1n) is 6.56. The molecule has 1 saturated heterocycles. The van der Waals surface area contributed by atoms with Gasteiger partial charge in [0.1, 0.15) is 0 Å². The standard InChI is InChI=1S/C13H23BrO2/c1-11-4-6-13(10-14,7-5-11)16-9-12-3-2-8-15-12/h11-12H,2-10H2,1H3. The molecule has 0 aromatic rings. The molecule has 0 spiro atoms. The topological polar surface area (TPSA) is 18.5 Å². The lowest BCUT2D eigenvalue weighted by Crippen LogP contribution is -2.40. The number of alkyl halides is 1. The van der Waals surface area contributed by atoms with Gasteiger partial charge in [-0.3, -0.25) is 0 Å². The fourth-order valence-electron chi connectivity index (χ4n) is 2.65. The van der Waals surface area contributed by atoms with Gasteiger partial charge in [0.25, 0.3) is 0 Å². The summed E-state index contributed by atoms with van der Waals surface area (Å²) in [6.45, 7) is 4.06. The molecule has 1 saturated carbocycles. The summed E-state index contributed by atoms with van der Waals surface area (Å²) in [7, 11) is 0. The highest BCUT2D eigenvalue weighted by atomic mass is 79.9. The molecule has 0 aromatic heterocycles. The first-order valence-corrected chi connectivity index (χ1v) is 7.68. The number of ether oxygens (including phenoxy) is 2. The molecule has 0 aromatic carbocycles. The molecule has 0 amide bonds. The molecule has 3 heteroatoms. The van der Waals surface area contributed by atoms with Crippen molar-refractivity contribution in [2.24, 2.45) is 5.92 Å². The van der Waals surface area contributed by atoms with Crippen LogP contribution in [0.5, 0.6) is 0 Å². The Kier molecular flexibility index (Phi) is 4.68. The molecule has 94 valence electrons. The van der Waals surface area contributed by atoms with Gasteiger partial charge < -0.3 is 9.47 Å². The van der Waals surface area contributed by atoms with Gasteiger partial charge in [0.05, 0.1) is 18.3 Å². The van der Waals surface area contributed by atoms with Crippen molar-refractivity contribution in [3.63, 3.8) is 0 Å². The summed E-state index contributed by atoms with van der Waals surface area (Å²) < 4.78 is 11.8. The van der Waals surface area contributed by atoms with Gasteiger partial charge in [-0.1, -0.05) is 22.9 Å². The molecule has 0 radical (unpaired) electrons. The van der Waals surface area contributed by atoms with Gasteiger partial charge in [0.2, 0.25) is 0 Å². The molecule has 0 N–H and O–H groups in total. The van der Waals surface area contributed by atoms with Crippen molar-refractivity contribution < 1.29 is 9.47 Å². The Morgan fingerprint density at radius 3 is 2.62 bits per heavy atom. The highest BCUT2D eigenvalue weighted by Crippen LogP contribution is 2.36. The predicted molar refractivity (Wildman–Crippen MR) is 69.1 cm³/mol. The molecular weight excluding hydrogens is 268 g/mol. The van der Waals surface area contributed by atoms with Gasteiger partial charge in [-0.25, -0.2) is 0 Å². The highest BCUT2D eigenvalue weighted by molar-refractivity contribution is 9.09. The normalized spacial score (nSPS) is 40.1. The second kappa shape index (κ2) is 5.83. The second-order valence-electron chi connectivity index (χ2n) is 5.45. The maximum absolute atomic E-state index is 6.18. The van der Waals surface area contributed by atoms with E-state index in [-0.39, 0.29) is 5.60 Å². The minimum atomic E-state index is 0.0957. The Bertz CT molecular complexity index is 206. The van der Waals surface area contributed by atoms with Crippen molar-refractivity contribution >= 4 is 15.9 Å². The molecule has 1 heterocycles. The molecule has 2 aliphatic rings. The summed E-state index contributed by atoms with van der Waals surface area (Å²) >= 11 is 3.63. The van der Waals surface area contributed by atoms with Crippen LogP contribution in [0.15, 0.2) is 0 Å². The highest BCUT2D eigenvalue weighted by Gasteiger charge is 2.35.